The maximum Gasteiger partial charge on any atom is 0.195 e. The van der Waals surface area contributed by atoms with Crippen molar-refractivity contribution in [2.75, 3.05) is 6.61 Å². The van der Waals surface area contributed by atoms with E-state index >= 15 is 0 Å². The van der Waals surface area contributed by atoms with Gasteiger partial charge in [-0.2, -0.15) is 0 Å². The predicted molar refractivity (Wildman–Crippen MR) is 103 cm³/mol. The fraction of sp³-hybridized carbons (Fsp3) is 0.286. The van der Waals surface area contributed by atoms with Gasteiger partial charge in [-0.05, 0) is 36.4 Å². The van der Waals surface area contributed by atoms with E-state index in [0.29, 0.717) is 28.2 Å². The molecule has 2 aromatic carbocycles. The summed E-state index contributed by atoms with van der Waals surface area (Å²) >= 11 is 0. The molecule has 5 atom stereocenters. The number of fused-ring (bicyclic) bond motifs is 1. The molecule has 0 amide bonds. The first-order valence-corrected chi connectivity index (χ1v) is 9.15. The van der Waals surface area contributed by atoms with E-state index in [2.05, 4.69) is 4.98 Å². The number of hydrogen-bond acceptors (Lipinski definition) is 8. The standard InChI is InChI=1S/C21H21NO7/c23-11-17-18(24)19(25)20(21(26)29-17)28-16-8-9-22-15-7-6-13(10-14(15)16)27-12-4-2-1-3-5-12/h1-10,17-21,23-26H,11H2/t17?,18-,19?,20-,21+/m1/s1. The third-order valence-corrected chi connectivity index (χ3v) is 4.76. The first kappa shape index (κ1) is 19.6. The van der Waals surface area contributed by atoms with Crippen molar-refractivity contribution in [2.45, 2.75) is 30.7 Å². The van der Waals surface area contributed by atoms with Crippen LogP contribution in [0.1, 0.15) is 0 Å². The molecule has 1 aliphatic heterocycles. The molecule has 4 rings (SSSR count). The van der Waals surface area contributed by atoms with Gasteiger partial charge in [0.15, 0.2) is 12.4 Å². The van der Waals surface area contributed by atoms with E-state index in [0.717, 1.165) is 0 Å². The summed E-state index contributed by atoms with van der Waals surface area (Å²) in [6.45, 7) is -0.541. The number of pyridine rings is 1. The molecular formula is C21H21NO7. The molecule has 8 heteroatoms. The Balaban J connectivity index is 1.62. The van der Waals surface area contributed by atoms with E-state index in [1.165, 1.54) is 6.20 Å². The van der Waals surface area contributed by atoms with Crippen LogP contribution in [0.15, 0.2) is 60.8 Å². The largest absolute Gasteiger partial charge is 0.482 e. The molecule has 0 bridgehead atoms. The van der Waals surface area contributed by atoms with Crippen molar-refractivity contribution in [2.24, 2.45) is 0 Å². The minimum atomic E-state index is -1.53. The van der Waals surface area contributed by atoms with Gasteiger partial charge in [-0.25, -0.2) is 0 Å². The number of aliphatic hydroxyl groups is 4. The third kappa shape index (κ3) is 4.02. The van der Waals surface area contributed by atoms with E-state index in [1.807, 2.05) is 30.3 Å². The predicted octanol–water partition coefficient (Wildman–Crippen LogP) is 1.21. The highest BCUT2D eigenvalue weighted by atomic mass is 16.7. The third-order valence-electron chi connectivity index (χ3n) is 4.76. The van der Waals surface area contributed by atoms with Gasteiger partial charge in [0, 0.05) is 11.6 Å². The lowest BCUT2D eigenvalue weighted by molar-refractivity contribution is -0.280. The lowest BCUT2D eigenvalue weighted by Gasteiger charge is -2.39. The number of aliphatic hydroxyl groups excluding tert-OH is 4. The summed E-state index contributed by atoms with van der Waals surface area (Å²) in [7, 11) is 0. The number of aromatic nitrogens is 1. The number of ether oxygens (including phenoxy) is 3. The van der Waals surface area contributed by atoms with Gasteiger partial charge in [0.05, 0.1) is 12.1 Å². The van der Waals surface area contributed by atoms with E-state index in [-0.39, 0.29) is 0 Å². The Morgan fingerprint density at radius 3 is 2.48 bits per heavy atom. The second-order valence-corrected chi connectivity index (χ2v) is 6.71. The zero-order valence-electron chi connectivity index (χ0n) is 15.3. The van der Waals surface area contributed by atoms with E-state index in [9.17, 15) is 20.4 Å². The number of benzene rings is 2. The summed E-state index contributed by atoms with van der Waals surface area (Å²) in [6.07, 6.45) is -5.21. The number of nitrogens with zero attached hydrogens (tertiary/aromatic N) is 1. The fourth-order valence-electron chi connectivity index (χ4n) is 3.24. The lowest BCUT2D eigenvalue weighted by atomic mass is 9.99. The summed E-state index contributed by atoms with van der Waals surface area (Å²) in [6, 6.07) is 16.1. The average Bonchev–Trinajstić information content (AvgIpc) is 2.74. The van der Waals surface area contributed by atoms with Crippen LogP contribution in [-0.4, -0.2) is 62.7 Å². The molecule has 1 saturated heterocycles. The Hall–Kier alpha value is -2.75. The molecule has 152 valence electrons. The maximum atomic E-state index is 10.3. The van der Waals surface area contributed by atoms with Crippen molar-refractivity contribution in [1.29, 1.82) is 0 Å². The second-order valence-electron chi connectivity index (χ2n) is 6.71. The molecule has 0 saturated carbocycles. The molecule has 4 N–H and O–H groups in total. The Bertz CT molecular complexity index is 968. The molecular weight excluding hydrogens is 378 g/mol. The van der Waals surface area contributed by atoms with Crippen LogP contribution < -0.4 is 9.47 Å². The average molecular weight is 399 g/mol. The van der Waals surface area contributed by atoms with Crippen LogP contribution >= 0.6 is 0 Å². The van der Waals surface area contributed by atoms with Gasteiger partial charge in [-0.15, -0.1) is 0 Å². The zero-order chi connectivity index (χ0) is 20.4. The Kier molecular flexibility index (Phi) is 5.61. The molecule has 2 unspecified atom stereocenters. The van der Waals surface area contributed by atoms with Gasteiger partial charge in [-0.1, -0.05) is 18.2 Å². The maximum absolute atomic E-state index is 10.3. The minimum absolute atomic E-state index is 0.329. The highest BCUT2D eigenvalue weighted by molar-refractivity contribution is 5.86. The number of para-hydroxylation sites is 1. The minimum Gasteiger partial charge on any atom is -0.482 e. The first-order chi connectivity index (χ1) is 14.1. The fourth-order valence-corrected chi connectivity index (χ4v) is 3.24. The highest BCUT2D eigenvalue weighted by Crippen LogP contribution is 2.32. The molecule has 1 aliphatic rings. The van der Waals surface area contributed by atoms with Crippen molar-refractivity contribution in [3.8, 4) is 17.2 Å². The molecule has 3 aromatic rings. The Morgan fingerprint density at radius 1 is 0.931 bits per heavy atom. The summed E-state index contributed by atoms with van der Waals surface area (Å²) in [4.78, 5) is 4.29. The van der Waals surface area contributed by atoms with Gasteiger partial charge in [-0.3, -0.25) is 4.98 Å². The molecule has 1 fully saturated rings. The lowest BCUT2D eigenvalue weighted by Crippen LogP contribution is -2.60. The number of rotatable bonds is 5. The van der Waals surface area contributed by atoms with E-state index in [4.69, 9.17) is 14.2 Å². The monoisotopic (exact) mass is 399 g/mol. The molecule has 0 radical (unpaired) electrons. The van der Waals surface area contributed by atoms with Gasteiger partial charge in [0.25, 0.3) is 0 Å². The van der Waals surface area contributed by atoms with Crippen molar-refractivity contribution in [3.63, 3.8) is 0 Å². The number of hydrogen-bond donors (Lipinski definition) is 4. The second kappa shape index (κ2) is 8.32. The quantitative estimate of drug-likeness (QED) is 0.505. The molecule has 2 heterocycles. The first-order valence-electron chi connectivity index (χ1n) is 9.15. The van der Waals surface area contributed by atoms with Crippen LogP contribution in [0.2, 0.25) is 0 Å². The van der Waals surface area contributed by atoms with Gasteiger partial charge >= 0.3 is 0 Å². The van der Waals surface area contributed by atoms with Crippen molar-refractivity contribution >= 4 is 10.9 Å². The smallest absolute Gasteiger partial charge is 0.195 e. The zero-order valence-corrected chi connectivity index (χ0v) is 15.3. The van der Waals surface area contributed by atoms with Gasteiger partial charge in [0.1, 0.15) is 35.6 Å². The van der Waals surface area contributed by atoms with E-state index in [1.54, 1.807) is 24.3 Å². The van der Waals surface area contributed by atoms with Crippen LogP contribution in [0.5, 0.6) is 17.2 Å². The van der Waals surface area contributed by atoms with Crippen molar-refractivity contribution in [3.05, 3.63) is 60.8 Å². The van der Waals surface area contributed by atoms with E-state index < -0.39 is 37.3 Å². The topological polar surface area (TPSA) is 122 Å². The molecule has 0 aliphatic carbocycles. The highest BCUT2D eigenvalue weighted by Gasteiger charge is 2.45. The summed E-state index contributed by atoms with van der Waals surface area (Å²) < 4.78 is 16.8. The van der Waals surface area contributed by atoms with Crippen LogP contribution in [0.4, 0.5) is 0 Å². The normalized spacial score (nSPS) is 27.0. The van der Waals surface area contributed by atoms with Gasteiger partial charge in [0.2, 0.25) is 0 Å². The molecule has 1 aromatic heterocycles. The van der Waals surface area contributed by atoms with Crippen LogP contribution in [0.25, 0.3) is 10.9 Å². The Morgan fingerprint density at radius 2 is 1.72 bits per heavy atom. The summed E-state index contributed by atoms with van der Waals surface area (Å²) in [5.41, 5.74) is 0.623. The summed E-state index contributed by atoms with van der Waals surface area (Å²) in [5, 5.41) is 40.4. The molecule has 29 heavy (non-hydrogen) atoms. The molecule has 0 spiro atoms. The van der Waals surface area contributed by atoms with Gasteiger partial charge < -0.3 is 34.6 Å². The van der Waals surface area contributed by atoms with Crippen LogP contribution in [0, 0.1) is 0 Å². The van der Waals surface area contributed by atoms with Crippen LogP contribution in [0.3, 0.4) is 0 Å². The summed E-state index contributed by atoms with van der Waals surface area (Å²) in [5.74, 6) is 1.56. The molecule has 8 nitrogen and oxygen atoms in total. The Labute approximate surface area is 166 Å². The van der Waals surface area contributed by atoms with Crippen LogP contribution in [-0.2, 0) is 4.74 Å². The van der Waals surface area contributed by atoms with Crippen molar-refractivity contribution < 1.29 is 34.6 Å². The van der Waals surface area contributed by atoms with Crippen molar-refractivity contribution in [1.82, 2.24) is 4.98 Å². The SMILES string of the molecule is OCC1O[C@H](O)[C@H](Oc2ccnc3ccc(Oc4ccccc4)cc23)C(O)[C@@H]1O.